The van der Waals surface area contributed by atoms with Crippen LogP contribution < -0.4 is 5.32 Å². The van der Waals surface area contributed by atoms with Crippen LogP contribution in [-0.2, 0) is 29.7 Å². The van der Waals surface area contributed by atoms with Crippen molar-refractivity contribution < 1.29 is 27.5 Å². The molecule has 0 unspecified atom stereocenters. The summed E-state index contributed by atoms with van der Waals surface area (Å²) in [6.45, 7) is 7.14. The number of carbonyl (C=O) groups excluding carboxylic acids is 2. The predicted molar refractivity (Wildman–Crippen MR) is 120 cm³/mol. The summed E-state index contributed by atoms with van der Waals surface area (Å²) in [7, 11) is -3.60. The standard InChI is InChI=1S/C23H28N2O6S/c1-23(2,3)18-6-4-17(5-7-18)22(27)31-16-21(26)24-19-8-10-20(11-9-19)32(28,29)25-12-14-30-15-13-25/h4-11H,12-16H2,1-3H3,(H,24,26). The molecule has 1 heterocycles. The lowest BCUT2D eigenvalue weighted by atomic mass is 9.87. The molecule has 8 nitrogen and oxygen atoms in total. The second-order valence-electron chi connectivity index (χ2n) is 8.49. The van der Waals surface area contributed by atoms with Gasteiger partial charge in [0.15, 0.2) is 6.61 Å². The van der Waals surface area contributed by atoms with E-state index in [4.69, 9.17) is 9.47 Å². The first-order valence-electron chi connectivity index (χ1n) is 10.3. The number of benzene rings is 2. The molecule has 0 spiro atoms. The molecule has 2 aromatic carbocycles. The molecule has 1 aliphatic rings. The van der Waals surface area contributed by atoms with Crippen molar-refractivity contribution in [2.45, 2.75) is 31.1 Å². The van der Waals surface area contributed by atoms with Gasteiger partial charge in [0.05, 0.1) is 23.7 Å². The van der Waals surface area contributed by atoms with Crippen LogP contribution in [0.25, 0.3) is 0 Å². The summed E-state index contributed by atoms with van der Waals surface area (Å²) in [5, 5.41) is 2.59. The maximum atomic E-state index is 12.6. The molecule has 1 aliphatic heterocycles. The number of hydrogen-bond donors (Lipinski definition) is 1. The molecule has 1 amide bonds. The summed E-state index contributed by atoms with van der Waals surface area (Å²) in [6.07, 6.45) is 0. The topological polar surface area (TPSA) is 102 Å². The second-order valence-corrected chi connectivity index (χ2v) is 10.4. The zero-order chi connectivity index (χ0) is 23.4. The Morgan fingerprint density at radius 3 is 2.16 bits per heavy atom. The molecule has 2 aromatic rings. The predicted octanol–water partition coefficient (Wildman–Crippen LogP) is 2.80. The maximum Gasteiger partial charge on any atom is 0.338 e. The highest BCUT2D eigenvalue weighted by Gasteiger charge is 2.26. The van der Waals surface area contributed by atoms with Crippen molar-refractivity contribution in [3.63, 3.8) is 0 Å². The average molecular weight is 461 g/mol. The third kappa shape index (κ3) is 5.93. The molecule has 3 rings (SSSR count). The van der Waals surface area contributed by atoms with Gasteiger partial charge in [-0.25, -0.2) is 13.2 Å². The molecule has 1 N–H and O–H groups in total. The van der Waals surface area contributed by atoms with E-state index < -0.39 is 28.5 Å². The zero-order valence-corrected chi connectivity index (χ0v) is 19.3. The minimum atomic E-state index is -3.60. The van der Waals surface area contributed by atoms with Crippen molar-refractivity contribution in [2.75, 3.05) is 38.2 Å². The van der Waals surface area contributed by atoms with Gasteiger partial charge in [0.2, 0.25) is 10.0 Å². The minimum Gasteiger partial charge on any atom is -0.452 e. The number of hydrogen-bond acceptors (Lipinski definition) is 6. The summed E-state index contributed by atoms with van der Waals surface area (Å²) >= 11 is 0. The van der Waals surface area contributed by atoms with E-state index in [1.807, 2.05) is 12.1 Å². The van der Waals surface area contributed by atoms with Crippen LogP contribution >= 0.6 is 0 Å². The maximum absolute atomic E-state index is 12.6. The Morgan fingerprint density at radius 1 is 1.00 bits per heavy atom. The lowest BCUT2D eigenvalue weighted by Gasteiger charge is -2.26. The van der Waals surface area contributed by atoms with E-state index in [-0.39, 0.29) is 10.3 Å². The van der Waals surface area contributed by atoms with Gasteiger partial charge in [-0.1, -0.05) is 32.9 Å². The van der Waals surface area contributed by atoms with E-state index in [2.05, 4.69) is 26.1 Å². The minimum absolute atomic E-state index is 0.0284. The van der Waals surface area contributed by atoms with E-state index in [0.29, 0.717) is 37.6 Å². The SMILES string of the molecule is CC(C)(C)c1ccc(C(=O)OCC(=O)Nc2ccc(S(=O)(=O)N3CCOCC3)cc2)cc1. The third-order valence-corrected chi connectivity index (χ3v) is 6.98. The molecule has 172 valence electrons. The quantitative estimate of drug-likeness (QED) is 0.665. The van der Waals surface area contributed by atoms with Crippen LogP contribution in [0.5, 0.6) is 0 Å². The largest absolute Gasteiger partial charge is 0.452 e. The molecule has 1 fully saturated rings. The van der Waals surface area contributed by atoms with Gasteiger partial charge in [0.25, 0.3) is 5.91 Å². The Hall–Kier alpha value is -2.75. The first kappa shape index (κ1) is 23.9. The van der Waals surface area contributed by atoms with Gasteiger partial charge in [-0.2, -0.15) is 4.31 Å². The number of sulfonamides is 1. The highest BCUT2D eigenvalue weighted by molar-refractivity contribution is 7.89. The van der Waals surface area contributed by atoms with Crippen LogP contribution in [0, 0.1) is 0 Å². The van der Waals surface area contributed by atoms with Crippen LogP contribution in [0.2, 0.25) is 0 Å². The van der Waals surface area contributed by atoms with Crippen molar-refractivity contribution in [2.24, 2.45) is 0 Å². The summed E-state index contributed by atoms with van der Waals surface area (Å²) < 4.78 is 36.9. The van der Waals surface area contributed by atoms with Crippen LogP contribution in [0.1, 0.15) is 36.7 Å². The number of rotatable bonds is 6. The fourth-order valence-corrected chi connectivity index (χ4v) is 4.57. The molecule has 0 radical (unpaired) electrons. The fourth-order valence-electron chi connectivity index (χ4n) is 3.16. The Bertz CT molecular complexity index is 1050. The summed E-state index contributed by atoms with van der Waals surface area (Å²) in [5.41, 5.74) is 1.83. The van der Waals surface area contributed by atoms with Crippen molar-refractivity contribution in [3.8, 4) is 0 Å². The number of amides is 1. The van der Waals surface area contributed by atoms with E-state index in [9.17, 15) is 18.0 Å². The number of esters is 1. The molecule has 0 aliphatic carbocycles. The lowest BCUT2D eigenvalue weighted by Crippen LogP contribution is -2.40. The molecule has 32 heavy (non-hydrogen) atoms. The van der Waals surface area contributed by atoms with E-state index in [1.54, 1.807) is 12.1 Å². The Morgan fingerprint density at radius 2 is 1.59 bits per heavy atom. The van der Waals surface area contributed by atoms with Crippen LogP contribution in [0.4, 0.5) is 5.69 Å². The lowest BCUT2D eigenvalue weighted by molar-refractivity contribution is -0.119. The fraction of sp³-hybridized carbons (Fsp3) is 0.391. The van der Waals surface area contributed by atoms with Crippen molar-refractivity contribution in [3.05, 3.63) is 59.7 Å². The van der Waals surface area contributed by atoms with Crippen molar-refractivity contribution in [1.82, 2.24) is 4.31 Å². The van der Waals surface area contributed by atoms with Crippen molar-refractivity contribution >= 4 is 27.6 Å². The first-order chi connectivity index (χ1) is 15.1. The Balaban J connectivity index is 1.53. The average Bonchev–Trinajstić information content (AvgIpc) is 2.78. The summed E-state index contributed by atoms with van der Waals surface area (Å²) in [5.74, 6) is -1.11. The first-order valence-corrected chi connectivity index (χ1v) is 11.8. The molecule has 0 aromatic heterocycles. The van der Waals surface area contributed by atoms with Crippen molar-refractivity contribution in [1.29, 1.82) is 0 Å². The Kier molecular flexibility index (Phi) is 7.33. The molecular formula is C23H28N2O6S. The monoisotopic (exact) mass is 460 g/mol. The van der Waals surface area contributed by atoms with E-state index in [0.717, 1.165) is 5.56 Å². The molecular weight excluding hydrogens is 432 g/mol. The van der Waals surface area contributed by atoms with Crippen LogP contribution in [0.15, 0.2) is 53.4 Å². The van der Waals surface area contributed by atoms with Gasteiger partial charge < -0.3 is 14.8 Å². The summed E-state index contributed by atoms with van der Waals surface area (Å²) in [6, 6.07) is 12.9. The third-order valence-electron chi connectivity index (χ3n) is 5.07. The highest BCUT2D eigenvalue weighted by atomic mass is 32.2. The molecule has 0 saturated carbocycles. The van der Waals surface area contributed by atoms with Gasteiger partial charge in [-0.05, 0) is 47.4 Å². The smallest absolute Gasteiger partial charge is 0.338 e. The van der Waals surface area contributed by atoms with Gasteiger partial charge in [-0.3, -0.25) is 4.79 Å². The molecule has 0 atom stereocenters. The number of morpholine rings is 1. The van der Waals surface area contributed by atoms with E-state index in [1.165, 1.54) is 28.6 Å². The van der Waals surface area contributed by atoms with Gasteiger partial charge >= 0.3 is 5.97 Å². The van der Waals surface area contributed by atoms with Gasteiger partial charge in [0, 0.05) is 18.8 Å². The summed E-state index contributed by atoms with van der Waals surface area (Å²) in [4.78, 5) is 24.5. The Labute approximate surface area is 188 Å². The molecule has 1 saturated heterocycles. The van der Waals surface area contributed by atoms with Crippen LogP contribution in [0.3, 0.4) is 0 Å². The zero-order valence-electron chi connectivity index (χ0n) is 18.5. The molecule has 9 heteroatoms. The number of anilines is 1. The second kappa shape index (κ2) is 9.81. The molecule has 0 bridgehead atoms. The van der Waals surface area contributed by atoms with Gasteiger partial charge in [-0.15, -0.1) is 0 Å². The number of ether oxygens (including phenoxy) is 2. The van der Waals surface area contributed by atoms with Gasteiger partial charge in [0.1, 0.15) is 0 Å². The highest BCUT2D eigenvalue weighted by Crippen LogP contribution is 2.22. The number of nitrogens with one attached hydrogen (secondary N) is 1. The normalized spacial score (nSPS) is 15.2. The number of carbonyl (C=O) groups is 2. The van der Waals surface area contributed by atoms with Crippen LogP contribution in [-0.4, -0.2) is 57.5 Å². The number of nitrogens with zero attached hydrogens (tertiary/aromatic N) is 1. The van der Waals surface area contributed by atoms with E-state index >= 15 is 0 Å².